The summed E-state index contributed by atoms with van der Waals surface area (Å²) in [5, 5.41) is 12.8. The number of carbonyl (C=O) groups is 2. The Morgan fingerprint density at radius 3 is 2.53 bits per heavy atom. The lowest BCUT2D eigenvalue weighted by Gasteiger charge is -2.16. The highest BCUT2D eigenvalue weighted by atomic mass is 32.1. The quantitative estimate of drug-likeness (QED) is 0.339. The number of nitrogens with zero attached hydrogens (tertiary/aromatic N) is 2. The average molecular weight is 493 g/mol. The summed E-state index contributed by atoms with van der Waals surface area (Å²) in [6.07, 6.45) is 6.78. The molecule has 1 aliphatic heterocycles. The van der Waals surface area contributed by atoms with Gasteiger partial charge in [0.1, 0.15) is 12.3 Å². The summed E-state index contributed by atoms with van der Waals surface area (Å²) >= 11 is 2.74. The zero-order valence-corrected chi connectivity index (χ0v) is 20.9. The van der Waals surface area contributed by atoms with Crippen LogP contribution in [-0.2, 0) is 12.8 Å². The van der Waals surface area contributed by atoms with Crippen molar-refractivity contribution in [1.29, 1.82) is 0 Å². The van der Waals surface area contributed by atoms with E-state index in [0.717, 1.165) is 49.2 Å². The Bertz CT molecular complexity index is 1260. The molecule has 0 bridgehead atoms. The second-order valence-corrected chi connectivity index (χ2v) is 11.0. The van der Waals surface area contributed by atoms with E-state index >= 15 is 0 Å². The zero-order chi connectivity index (χ0) is 23.7. The van der Waals surface area contributed by atoms with Gasteiger partial charge in [0.2, 0.25) is 0 Å². The molecule has 2 aliphatic rings. The van der Waals surface area contributed by atoms with E-state index in [9.17, 15) is 14.7 Å². The van der Waals surface area contributed by atoms with Crippen molar-refractivity contribution in [3.05, 3.63) is 62.2 Å². The van der Waals surface area contributed by atoms with Gasteiger partial charge in [0.15, 0.2) is 5.78 Å². The lowest BCUT2D eigenvalue weighted by Crippen LogP contribution is -2.26. The van der Waals surface area contributed by atoms with Crippen LogP contribution >= 0.6 is 22.7 Å². The van der Waals surface area contributed by atoms with Crippen LogP contribution < -0.4 is 0 Å². The molecule has 1 saturated heterocycles. The minimum Gasteiger partial charge on any atom is -0.506 e. The third kappa shape index (κ3) is 4.59. The number of fused-ring (bicyclic) bond motifs is 1. The number of ketones is 1. The van der Waals surface area contributed by atoms with Crippen LogP contribution in [0, 0.1) is 0 Å². The smallest absolute Gasteiger partial charge is 0.263 e. The molecule has 176 valence electrons. The van der Waals surface area contributed by atoms with Crippen molar-refractivity contribution in [3.63, 3.8) is 0 Å². The molecule has 1 N–H and O–H groups in total. The highest BCUT2D eigenvalue weighted by Crippen LogP contribution is 2.40. The number of hydrogen-bond acceptors (Lipinski definition) is 6. The van der Waals surface area contributed by atoms with E-state index in [1.807, 2.05) is 17.2 Å². The molecule has 0 radical (unpaired) electrons. The fourth-order valence-corrected chi connectivity index (χ4v) is 6.63. The molecule has 1 amide bonds. The first-order valence-electron chi connectivity index (χ1n) is 11.9. The van der Waals surface area contributed by atoms with Crippen LogP contribution in [0.5, 0.6) is 5.75 Å². The molecule has 1 fully saturated rings. The molecule has 5 nitrogen and oxygen atoms in total. The summed E-state index contributed by atoms with van der Waals surface area (Å²) in [5.74, 6) is 0.123. The van der Waals surface area contributed by atoms with Crippen molar-refractivity contribution >= 4 is 40.1 Å². The van der Waals surface area contributed by atoms with Gasteiger partial charge in [0.25, 0.3) is 5.91 Å². The van der Waals surface area contributed by atoms with E-state index in [1.165, 1.54) is 46.6 Å². The van der Waals surface area contributed by atoms with Crippen molar-refractivity contribution in [2.75, 3.05) is 19.6 Å². The molecule has 3 aromatic rings. The number of aromatic hydroxyl groups is 1. The fraction of sp³-hybridized carbons (Fsp3) is 0.370. The van der Waals surface area contributed by atoms with E-state index < -0.39 is 0 Å². The van der Waals surface area contributed by atoms with Gasteiger partial charge >= 0.3 is 0 Å². The average Bonchev–Trinajstić information content (AvgIpc) is 3.63. The number of Topliss-reactive ketones (excluding diaryl/α,β-unsaturated/α-hetero) is 1. The van der Waals surface area contributed by atoms with Crippen LogP contribution in [0.4, 0.5) is 0 Å². The fourth-order valence-electron chi connectivity index (χ4n) is 4.72. The molecule has 2 aromatic heterocycles. The monoisotopic (exact) mass is 492 g/mol. The summed E-state index contributed by atoms with van der Waals surface area (Å²) in [4.78, 5) is 33.6. The van der Waals surface area contributed by atoms with Gasteiger partial charge in [-0.15, -0.1) is 22.7 Å². The van der Waals surface area contributed by atoms with Crippen molar-refractivity contribution in [2.45, 2.75) is 45.4 Å². The minimum absolute atomic E-state index is 0.00679. The van der Waals surface area contributed by atoms with Gasteiger partial charge in [-0.1, -0.05) is 12.1 Å². The molecule has 3 heterocycles. The largest absolute Gasteiger partial charge is 0.506 e. The number of hydrogen-bond donors (Lipinski definition) is 1. The molecule has 0 saturated carbocycles. The predicted molar refractivity (Wildman–Crippen MR) is 139 cm³/mol. The van der Waals surface area contributed by atoms with E-state index in [4.69, 9.17) is 0 Å². The molecule has 34 heavy (non-hydrogen) atoms. The van der Waals surface area contributed by atoms with Gasteiger partial charge in [-0.3, -0.25) is 14.6 Å². The number of likely N-dealkylation sites (tertiary alicyclic amines) is 1. The SMILES string of the molecule is CC(=NCC(=O)c1ccc(C(=O)N2CCCC2)s1)c1csc(-c2ccc3c(c2)CCCC3)c1O. The summed E-state index contributed by atoms with van der Waals surface area (Å²) < 4.78 is 0. The topological polar surface area (TPSA) is 70.0 Å². The standard InChI is InChI=1S/C27H28N2O3S2/c1-17(28-15-22(30)23-10-11-24(34-23)27(32)29-12-4-5-13-29)21-16-33-26(25(21)31)20-9-8-18-6-2-3-7-19(18)14-20/h8-11,14,16,31H,2-7,12-13,15H2,1H3. The molecule has 1 aliphatic carbocycles. The van der Waals surface area contributed by atoms with Crippen molar-refractivity contribution in [2.24, 2.45) is 4.99 Å². The molecular weight excluding hydrogens is 464 g/mol. The molecule has 1 aromatic carbocycles. The predicted octanol–water partition coefficient (Wildman–Crippen LogP) is 5.99. The van der Waals surface area contributed by atoms with Crippen molar-refractivity contribution < 1.29 is 14.7 Å². The number of aliphatic imine (C=N–C) groups is 1. The molecule has 0 unspecified atom stereocenters. The number of benzene rings is 1. The van der Waals surface area contributed by atoms with Gasteiger partial charge < -0.3 is 10.0 Å². The Hall–Kier alpha value is -2.77. The van der Waals surface area contributed by atoms with Crippen LogP contribution in [0.2, 0.25) is 0 Å². The lowest BCUT2D eigenvalue weighted by molar-refractivity contribution is 0.0797. The Kier molecular flexibility index (Phi) is 6.66. The van der Waals surface area contributed by atoms with E-state index in [2.05, 4.69) is 23.2 Å². The van der Waals surface area contributed by atoms with Crippen molar-refractivity contribution in [1.82, 2.24) is 4.90 Å². The second kappa shape index (κ2) is 9.84. The third-order valence-corrected chi connectivity index (χ3v) is 8.84. The van der Waals surface area contributed by atoms with Gasteiger partial charge in [-0.2, -0.15) is 0 Å². The maximum Gasteiger partial charge on any atom is 0.263 e. The summed E-state index contributed by atoms with van der Waals surface area (Å²) in [6, 6.07) is 9.94. The molecule has 7 heteroatoms. The van der Waals surface area contributed by atoms with Crippen LogP contribution in [0.3, 0.4) is 0 Å². The maximum atomic E-state index is 12.7. The maximum absolute atomic E-state index is 12.7. The zero-order valence-electron chi connectivity index (χ0n) is 19.3. The van der Waals surface area contributed by atoms with Gasteiger partial charge in [0, 0.05) is 29.7 Å². The van der Waals surface area contributed by atoms with E-state index in [1.54, 1.807) is 12.1 Å². The number of amides is 1. The first-order chi connectivity index (χ1) is 16.5. The normalized spacial score (nSPS) is 16.0. The minimum atomic E-state index is -0.116. The van der Waals surface area contributed by atoms with E-state index in [-0.39, 0.29) is 24.0 Å². The second-order valence-electron chi connectivity index (χ2n) is 9.01. The Balaban J connectivity index is 1.28. The summed E-state index contributed by atoms with van der Waals surface area (Å²) in [6.45, 7) is 3.40. The van der Waals surface area contributed by atoms with Crippen LogP contribution in [0.15, 0.2) is 40.7 Å². The first-order valence-corrected chi connectivity index (χ1v) is 13.6. The number of rotatable bonds is 6. The first kappa shape index (κ1) is 23.0. The van der Waals surface area contributed by atoms with Gasteiger partial charge in [-0.05, 0) is 80.3 Å². The number of aryl methyl sites for hydroxylation is 2. The Labute approximate surface area is 207 Å². The lowest BCUT2D eigenvalue weighted by atomic mass is 9.90. The molecule has 5 rings (SSSR count). The van der Waals surface area contributed by atoms with Crippen LogP contribution in [-0.4, -0.2) is 47.0 Å². The number of carbonyl (C=O) groups excluding carboxylic acids is 2. The molecular formula is C27H28N2O3S2. The summed E-state index contributed by atoms with van der Waals surface area (Å²) in [5.41, 5.74) is 5.14. The highest BCUT2D eigenvalue weighted by molar-refractivity contribution is 7.16. The third-order valence-electron chi connectivity index (χ3n) is 6.71. The van der Waals surface area contributed by atoms with Gasteiger partial charge in [-0.25, -0.2) is 0 Å². The molecule has 0 spiro atoms. The molecule has 0 atom stereocenters. The Morgan fingerprint density at radius 1 is 1.00 bits per heavy atom. The van der Waals surface area contributed by atoms with Crippen molar-refractivity contribution in [3.8, 4) is 16.2 Å². The van der Waals surface area contributed by atoms with Gasteiger partial charge in [0.05, 0.1) is 14.6 Å². The number of thiophene rings is 2. The van der Waals surface area contributed by atoms with Crippen LogP contribution in [0.25, 0.3) is 10.4 Å². The summed E-state index contributed by atoms with van der Waals surface area (Å²) in [7, 11) is 0. The highest BCUT2D eigenvalue weighted by Gasteiger charge is 2.22. The van der Waals surface area contributed by atoms with E-state index in [0.29, 0.717) is 21.0 Å². The van der Waals surface area contributed by atoms with Crippen LogP contribution in [0.1, 0.15) is 68.6 Å². The Morgan fingerprint density at radius 2 is 1.74 bits per heavy atom.